The summed E-state index contributed by atoms with van der Waals surface area (Å²) in [7, 11) is 0. The molecule has 1 aliphatic heterocycles. The number of carbonyl (C=O) groups is 1. The summed E-state index contributed by atoms with van der Waals surface area (Å²) in [6, 6.07) is 9.75. The van der Waals surface area contributed by atoms with Crippen LogP contribution in [0.1, 0.15) is 12.0 Å². The molecule has 0 radical (unpaired) electrons. The third-order valence-corrected chi connectivity index (χ3v) is 3.06. The van der Waals surface area contributed by atoms with Gasteiger partial charge < -0.3 is 4.74 Å². The van der Waals surface area contributed by atoms with E-state index in [-0.39, 0.29) is 5.97 Å². The zero-order chi connectivity index (χ0) is 9.97. The summed E-state index contributed by atoms with van der Waals surface area (Å²) in [4.78, 5) is 11.3. The van der Waals surface area contributed by atoms with Crippen molar-refractivity contribution in [2.45, 2.75) is 6.42 Å². The molecule has 0 amide bonds. The molecule has 1 heterocycles. The Balaban J connectivity index is 2.40. The molecule has 2 nitrogen and oxygen atoms in total. The first-order valence-electron chi connectivity index (χ1n) is 4.40. The largest absolute Gasteiger partial charge is 0.462 e. The molecule has 0 aromatic heterocycles. The molecule has 14 heavy (non-hydrogen) atoms. The van der Waals surface area contributed by atoms with Crippen LogP contribution in [-0.2, 0) is 9.53 Å². The summed E-state index contributed by atoms with van der Waals surface area (Å²) in [5, 5.41) is 0. The minimum absolute atomic E-state index is 0.208. The second kappa shape index (κ2) is 3.96. The van der Waals surface area contributed by atoms with Crippen molar-refractivity contribution in [2.24, 2.45) is 0 Å². The highest BCUT2D eigenvalue weighted by Gasteiger charge is 2.22. The number of rotatable bonds is 1. The summed E-state index contributed by atoms with van der Waals surface area (Å²) in [6.07, 6.45) is 0.689. The van der Waals surface area contributed by atoms with Crippen LogP contribution in [0.3, 0.4) is 0 Å². The maximum Gasteiger partial charge on any atom is 0.335 e. The summed E-state index contributed by atoms with van der Waals surface area (Å²) >= 11 is 3.43. The van der Waals surface area contributed by atoms with Crippen LogP contribution < -0.4 is 0 Å². The van der Waals surface area contributed by atoms with Gasteiger partial charge in [-0.25, -0.2) is 4.79 Å². The lowest BCUT2D eigenvalue weighted by Gasteiger charge is -2.00. The van der Waals surface area contributed by atoms with Crippen LogP contribution in [0, 0.1) is 0 Å². The average Bonchev–Trinajstić information content (AvgIpc) is 2.65. The van der Waals surface area contributed by atoms with Crippen molar-refractivity contribution in [3.63, 3.8) is 0 Å². The fourth-order valence-electron chi connectivity index (χ4n) is 1.39. The first-order valence-corrected chi connectivity index (χ1v) is 5.19. The highest BCUT2D eigenvalue weighted by atomic mass is 79.9. The van der Waals surface area contributed by atoms with E-state index >= 15 is 0 Å². The van der Waals surface area contributed by atoms with Gasteiger partial charge in [0.05, 0.1) is 12.2 Å². The number of esters is 1. The van der Waals surface area contributed by atoms with E-state index in [0.717, 1.165) is 15.6 Å². The number of hydrogen-bond donors (Lipinski definition) is 0. The molecule has 0 bridgehead atoms. The quantitative estimate of drug-likeness (QED) is 0.568. The topological polar surface area (TPSA) is 26.3 Å². The van der Waals surface area contributed by atoms with Crippen molar-refractivity contribution in [3.8, 4) is 0 Å². The molecular weight excluding hydrogens is 244 g/mol. The molecule has 0 atom stereocenters. The van der Waals surface area contributed by atoms with Gasteiger partial charge in [-0.15, -0.1) is 0 Å². The Hall–Kier alpha value is -1.09. The number of halogens is 1. The molecule has 3 heteroatoms. The summed E-state index contributed by atoms with van der Waals surface area (Å²) in [5.41, 5.74) is 1.75. The second-order valence-electron chi connectivity index (χ2n) is 3.04. The van der Waals surface area contributed by atoms with E-state index in [9.17, 15) is 4.79 Å². The molecule has 0 aliphatic carbocycles. The monoisotopic (exact) mass is 252 g/mol. The third kappa shape index (κ3) is 1.73. The lowest BCUT2D eigenvalue weighted by atomic mass is 10.1. The van der Waals surface area contributed by atoms with E-state index in [1.807, 2.05) is 30.3 Å². The van der Waals surface area contributed by atoms with Gasteiger partial charge in [0.15, 0.2) is 0 Å². The highest BCUT2D eigenvalue weighted by molar-refractivity contribution is 9.15. The standard InChI is InChI=1S/C11H9BrO2/c12-10(8-4-2-1-3-5-8)9-6-7-14-11(9)13/h1-5H,6-7H2. The van der Waals surface area contributed by atoms with Gasteiger partial charge in [0.2, 0.25) is 0 Å². The van der Waals surface area contributed by atoms with E-state index in [0.29, 0.717) is 13.0 Å². The number of cyclic esters (lactones) is 1. The van der Waals surface area contributed by atoms with Gasteiger partial charge in [0.1, 0.15) is 0 Å². The van der Waals surface area contributed by atoms with Crippen molar-refractivity contribution in [1.29, 1.82) is 0 Å². The molecule has 0 unspecified atom stereocenters. The van der Waals surface area contributed by atoms with E-state index in [4.69, 9.17) is 4.74 Å². The van der Waals surface area contributed by atoms with Crippen LogP contribution >= 0.6 is 15.9 Å². The summed E-state index contributed by atoms with van der Waals surface area (Å²) in [5.74, 6) is -0.208. The smallest absolute Gasteiger partial charge is 0.335 e. The zero-order valence-corrected chi connectivity index (χ0v) is 9.08. The van der Waals surface area contributed by atoms with Gasteiger partial charge in [-0.1, -0.05) is 30.3 Å². The molecule has 1 fully saturated rings. The first-order chi connectivity index (χ1) is 6.79. The molecule has 0 N–H and O–H groups in total. The van der Waals surface area contributed by atoms with Crippen LogP contribution in [0.4, 0.5) is 0 Å². The lowest BCUT2D eigenvalue weighted by molar-refractivity contribution is -0.134. The molecule has 1 aromatic rings. The SMILES string of the molecule is O=C1OCCC1=C(Br)c1ccccc1. The minimum Gasteiger partial charge on any atom is -0.462 e. The molecule has 0 spiro atoms. The number of ether oxygens (including phenoxy) is 1. The fourth-order valence-corrected chi connectivity index (χ4v) is 2.02. The molecular formula is C11H9BrO2. The second-order valence-corrected chi connectivity index (χ2v) is 3.84. The van der Waals surface area contributed by atoms with Crippen molar-refractivity contribution >= 4 is 26.4 Å². The van der Waals surface area contributed by atoms with Gasteiger partial charge in [-0.2, -0.15) is 0 Å². The van der Waals surface area contributed by atoms with Crippen LogP contribution in [0.5, 0.6) is 0 Å². The maximum atomic E-state index is 11.3. The molecule has 1 aromatic carbocycles. The first kappa shape index (κ1) is 9.46. The molecule has 72 valence electrons. The van der Waals surface area contributed by atoms with Crippen molar-refractivity contribution in [2.75, 3.05) is 6.61 Å². The van der Waals surface area contributed by atoms with Gasteiger partial charge >= 0.3 is 5.97 Å². The maximum absolute atomic E-state index is 11.3. The average molecular weight is 253 g/mol. The Morgan fingerprint density at radius 2 is 2.00 bits per heavy atom. The number of carbonyl (C=O) groups excluding carboxylic acids is 1. The number of benzene rings is 1. The Bertz CT molecular complexity index is 382. The predicted molar refractivity (Wildman–Crippen MR) is 57.9 cm³/mol. The molecule has 1 saturated heterocycles. The Labute approximate surface area is 90.7 Å². The molecule has 2 rings (SSSR count). The zero-order valence-electron chi connectivity index (χ0n) is 7.50. The molecule has 1 aliphatic rings. The third-order valence-electron chi connectivity index (χ3n) is 2.12. The Morgan fingerprint density at radius 1 is 1.29 bits per heavy atom. The van der Waals surface area contributed by atoms with Crippen molar-refractivity contribution < 1.29 is 9.53 Å². The van der Waals surface area contributed by atoms with E-state index in [1.54, 1.807) is 0 Å². The number of hydrogen-bond acceptors (Lipinski definition) is 2. The van der Waals surface area contributed by atoms with Gasteiger partial charge in [0, 0.05) is 10.9 Å². The van der Waals surface area contributed by atoms with Gasteiger partial charge in [0.25, 0.3) is 0 Å². The fraction of sp³-hybridized carbons (Fsp3) is 0.182. The lowest BCUT2D eigenvalue weighted by Crippen LogP contribution is -1.96. The van der Waals surface area contributed by atoms with Crippen LogP contribution in [0.2, 0.25) is 0 Å². The van der Waals surface area contributed by atoms with E-state index in [1.165, 1.54) is 0 Å². The Kier molecular flexibility index (Phi) is 2.68. The minimum atomic E-state index is -0.208. The van der Waals surface area contributed by atoms with Crippen LogP contribution in [0.25, 0.3) is 4.48 Å². The van der Waals surface area contributed by atoms with E-state index in [2.05, 4.69) is 15.9 Å². The normalized spacial score (nSPS) is 19.4. The highest BCUT2D eigenvalue weighted by Crippen LogP contribution is 2.30. The summed E-state index contributed by atoms with van der Waals surface area (Å²) < 4.78 is 5.73. The van der Waals surface area contributed by atoms with E-state index < -0.39 is 0 Å². The van der Waals surface area contributed by atoms with Crippen molar-refractivity contribution in [3.05, 3.63) is 41.5 Å². The van der Waals surface area contributed by atoms with Gasteiger partial charge in [-0.05, 0) is 21.5 Å². The Morgan fingerprint density at radius 3 is 2.57 bits per heavy atom. The van der Waals surface area contributed by atoms with Crippen molar-refractivity contribution in [1.82, 2.24) is 0 Å². The van der Waals surface area contributed by atoms with Gasteiger partial charge in [-0.3, -0.25) is 0 Å². The van der Waals surface area contributed by atoms with Crippen LogP contribution in [-0.4, -0.2) is 12.6 Å². The van der Waals surface area contributed by atoms with Crippen LogP contribution in [0.15, 0.2) is 35.9 Å². The predicted octanol–water partition coefficient (Wildman–Crippen LogP) is 2.74. The summed E-state index contributed by atoms with van der Waals surface area (Å²) in [6.45, 7) is 0.496. The molecule has 0 saturated carbocycles.